The molecule has 2 rings (SSSR count). The molecule has 1 atom stereocenters. The molecule has 3 heteroatoms. The number of aliphatic hydroxyl groups excluding tert-OH is 1. The molecule has 0 saturated carbocycles. The third-order valence-electron chi connectivity index (χ3n) is 3.13. The van der Waals surface area contributed by atoms with Crippen molar-refractivity contribution in [3.05, 3.63) is 34.4 Å². The van der Waals surface area contributed by atoms with Crippen molar-refractivity contribution in [3.8, 4) is 0 Å². The molecule has 0 aliphatic heterocycles. The van der Waals surface area contributed by atoms with Gasteiger partial charge < -0.3 is 9.67 Å². The van der Waals surface area contributed by atoms with Crippen LogP contribution in [0.3, 0.4) is 0 Å². The molecule has 0 saturated heterocycles. The predicted molar refractivity (Wildman–Crippen MR) is 75.5 cm³/mol. The zero-order valence-electron chi connectivity index (χ0n) is 10.4. The summed E-state index contributed by atoms with van der Waals surface area (Å²) in [6.45, 7) is 6.59. The van der Waals surface area contributed by atoms with E-state index < -0.39 is 0 Å². The van der Waals surface area contributed by atoms with Crippen LogP contribution < -0.4 is 0 Å². The summed E-state index contributed by atoms with van der Waals surface area (Å²) in [6, 6.07) is 8.90. The lowest BCUT2D eigenvalue weighted by molar-refractivity contribution is 0.268. The van der Waals surface area contributed by atoms with E-state index in [1.807, 2.05) is 0 Å². The zero-order chi connectivity index (χ0) is 12.6. The lowest BCUT2D eigenvalue weighted by atomic mass is 10.1. The molecule has 0 aliphatic carbocycles. The Morgan fingerprint density at radius 2 is 1.94 bits per heavy atom. The van der Waals surface area contributed by atoms with E-state index in [9.17, 15) is 5.11 Å². The molecule has 0 aliphatic rings. The van der Waals surface area contributed by atoms with Crippen molar-refractivity contribution in [2.45, 2.75) is 32.7 Å². The van der Waals surface area contributed by atoms with Gasteiger partial charge in [-0.3, -0.25) is 0 Å². The Bertz CT molecular complexity index is 530. The summed E-state index contributed by atoms with van der Waals surface area (Å²) in [4.78, 5) is 0. The lowest BCUT2D eigenvalue weighted by Crippen LogP contribution is -2.10. The molecule has 1 N–H and O–H groups in total. The minimum Gasteiger partial charge on any atom is -0.396 e. The van der Waals surface area contributed by atoms with Crippen LogP contribution in [0.2, 0.25) is 0 Å². The smallest absolute Gasteiger partial charge is 0.0511 e. The maximum absolute atomic E-state index is 9.35. The SMILES string of the molecule is CC(CO)c1cc2cc(Br)ccc2n1C(C)C. The molecule has 92 valence electrons. The molecule has 0 amide bonds. The highest BCUT2D eigenvalue weighted by Crippen LogP contribution is 2.30. The number of halogens is 1. The van der Waals surface area contributed by atoms with Gasteiger partial charge in [-0.2, -0.15) is 0 Å². The molecule has 0 fully saturated rings. The molecule has 0 spiro atoms. The van der Waals surface area contributed by atoms with Crippen molar-refractivity contribution in [1.29, 1.82) is 0 Å². The van der Waals surface area contributed by atoms with Crippen LogP contribution in [-0.4, -0.2) is 16.3 Å². The van der Waals surface area contributed by atoms with Crippen molar-refractivity contribution < 1.29 is 5.11 Å². The number of hydrogen-bond donors (Lipinski definition) is 1. The first kappa shape index (κ1) is 12.7. The molecular formula is C14H18BrNO. The van der Waals surface area contributed by atoms with Crippen LogP contribution in [0.1, 0.15) is 38.4 Å². The van der Waals surface area contributed by atoms with Gasteiger partial charge in [-0.05, 0) is 38.1 Å². The molecule has 2 nitrogen and oxygen atoms in total. The molecule has 1 aromatic heterocycles. The second kappa shape index (κ2) is 4.83. The first-order chi connectivity index (χ1) is 8.04. The van der Waals surface area contributed by atoms with Gasteiger partial charge >= 0.3 is 0 Å². The second-order valence-corrected chi connectivity index (χ2v) is 5.74. The molecule has 1 unspecified atom stereocenters. The van der Waals surface area contributed by atoms with E-state index in [0.29, 0.717) is 6.04 Å². The van der Waals surface area contributed by atoms with E-state index in [0.717, 1.165) is 4.47 Å². The van der Waals surface area contributed by atoms with E-state index in [1.165, 1.54) is 16.6 Å². The molecule has 1 heterocycles. The van der Waals surface area contributed by atoms with Crippen molar-refractivity contribution in [2.75, 3.05) is 6.61 Å². The van der Waals surface area contributed by atoms with E-state index in [-0.39, 0.29) is 12.5 Å². The quantitative estimate of drug-likeness (QED) is 0.907. The van der Waals surface area contributed by atoms with Crippen LogP contribution >= 0.6 is 15.9 Å². The highest BCUT2D eigenvalue weighted by molar-refractivity contribution is 9.10. The number of fused-ring (bicyclic) bond motifs is 1. The standard InChI is InChI=1S/C14H18BrNO/c1-9(2)16-13-5-4-12(15)6-11(13)7-14(16)10(3)8-17/h4-7,9-10,17H,8H2,1-3H3. The third-order valence-corrected chi connectivity index (χ3v) is 3.62. The van der Waals surface area contributed by atoms with Gasteiger partial charge in [-0.15, -0.1) is 0 Å². The first-order valence-corrected chi connectivity index (χ1v) is 6.75. The summed E-state index contributed by atoms with van der Waals surface area (Å²) in [5, 5.41) is 10.6. The highest BCUT2D eigenvalue weighted by Gasteiger charge is 2.15. The molecule has 2 aromatic rings. The van der Waals surface area contributed by atoms with Crippen molar-refractivity contribution >= 4 is 26.8 Å². The molecule has 17 heavy (non-hydrogen) atoms. The Hall–Kier alpha value is -0.800. The van der Waals surface area contributed by atoms with Crippen molar-refractivity contribution in [3.63, 3.8) is 0 Å². The topological polar surface area (TPSA) is 25.2 Å². The average Bonchev–Trinajstić information content (AvgIpc) is 2.66. The van der Waals surface area contributed by atoms with E-state index in [2.05, 4.69) is 65.5 Å². The van der Waals surface area contributed by atoms with Crippen molar-refractivity contribution in [1.82, 2.24) is 4.57 Å². The summed E-state index contributed by atoms with van der Waals surface area (Å²) in [5.41, 5.74) is 2.44. The molecular weight excluding hydrogens is 278 g/mol. The van der Waals surface area contributed by atoms with Crippen LogP contribution in [0, 0.1) is 0 Å². The number of aliphatic hydroxyl groups is 1. The number of rotatable bonds is 3. The van der Waals surface area contributed by atoms with Crippen LogP contribution in [0.15, 0.2) is 28.7 Å². The van der Waals surface area contributed by atoms with Gasteiger partial charge in [0, 0.05) is 33.0 Å². The Morgan fingerprint density at radius 3 is 2.53 bits per heavy atom. The predicted octanol–water partition coefficient (Wildman–Crippen LogP) is 4.08. The van der Waals surface area contributed by atoms with Gasteiger partial charge in [0.1, 0.15) is 0 Å². The van der Waals surface area contributed by atoms with Gasteiger partial charge in [-0.1, -0.05) is 22.9 Å². The van der Waals surface area contributed by atoms with Crippen LogP contribution in [0.25, 0.3) is 10.9 Å². The largest absolute Gasteiger partial charge is 0.396 e. The fraction of sp³-hybridized carbons (Fsp3) is 0.429. The number of nitrogens with zero attached hydrogens (tertiary/aromatic N) is 1. The van der Waals surface area contributed by atoms with Crippen LogP contribution in [-0.2, 0) is 0 Å². The van der Waals surface area contributed by atoms with Gasteiger partial charge in [0.05, 0.1) is 6.61 Å². The third kappa shape index (κ3) is 2.26. The summed E-state index contributed by atoms with van der Waals surface area (Å²) >= 11 is 3.50. The fourth-order valence-electron chi connectivity index (χ4n) is 2.28. The Kier molecular flexibility index (Phi) is 3.59. The fourth-order valence-corrected chi connectivity index (χ4v) is 2.66. The van der Waals surface area contributed by atoms with Gasteiger partial charge in [0.2, 0.25) is 0 Å². The summed E-state index contributed by atoms with van der Waals surface area (Å²) in [5.74, 6) is 0.170. The monoisotopic (exact) mass is 295 g/mol. The van der Waals surface area contributed by atoms with Crippen LogP contribution in [0.5, 0.6) is 0 Å². The zero-order valence-corrected chi connectivity index (χ0v) is 12.0. The number of benzene rings is 1. The van der Waals surface area contributed by atoms with Crippen LogP contribution in [0.4, 0.5) is 0 Å². The second-order valence-electron chi connectivity index (χ2n) is 4.82. The lowest BCUT2D eigenvalue weighted by Gasteiger charge is -2.18. The van der Waals surface area contributed by atoms with Gasteiger partial charge in [0.25, 0.3) is 0 Å². The van der Waals surface area contributed by atoms with E-state index >= 15 is 0 Å². The minimum absolute atomic E-state index is 0.170. The Morgan fingerprint density at radius 1 is 1.24 bits per heavy atom. The number of hydrogen-bond acceptors (Lipinski definition) is 1. The molecule has 1 aromatic carbocycles. The normalized spacial score (nSPS) is 13.5. The summed E-state index contributed by atoms with van der Waals surface area (Å²) < 4.78 is 3.40. The maximum atomic E-state index is 9.35. The van der Waals surface area contributed by atoms with Gasteiger partial charge in [0.15, 0.2) is 0 Å². The average molecular weight is 296 g/mol. The summed E-state index contributed by atoms with van der Waals surface area (Å²) in [7, 11) is 0. The van der Waals surface area contributed by atoms with E-state index in [4.69, 9.17) is 0 Å². The Balaban J connectivity index is 2.70. The number of aromatic nitrogens is 1. The molecule has 0 radical (unpaired) electrons. The Labute approximate surface area is 110 Å². The summed E-state index contributed by atoms with van der Waals surface area (Å²) in [6.07, 6.45) is 0. The van der Waals surface area contributed by atoms with Gasteiger partial charge in [-0.25, -0.2) is 0 Å². The van der Waals surface area contributed by atoms with E-state index in [1.54, 1.807) is 0 Å². The minimum atomic E-state index is 0.170. The highest BCUT2D eigenvalue weighted by atomic mass is 79.9. The molecule has 0 bridgehead atoms. The first-order valence-electron chi connectivity index (χ1n) is 5.95. The van der Waals surface area contributed by atoms with Crippen molar-refractivity contribution in [2.24, 2.45) is 0 Å². The maximum Gasteiger partial charge on any atom is 0.0511 e.